The highest BCUT2D eigenvalue weighted by Gasteiger charge is 2.33. The molecule has 0 atom stereocenters. The summed E-state index contributed by atoms with van der Waals surface area (Å²) in [7, 11) is 2.78. The molecule has 1 heterocycles. The number of hydrogen-bond donors (Lipinski definition) is 1. The van der Waals surface area contributed by atoms with E-state index in [1.807, 2.05) is 0 Å². The molecule has 0 radical (unpaired) electrons. The molecule has 9 heteroatoms. The number of benzene rings is 1. The first-order valence-corrected chi connectivity index (χ1v) is 7.23. The Balaban J connectivity index is 2.31. The zero-order chi connectivity index (χ0) is 17.2. The second-order valence-electron chi connectivity index (χ2n) is 4.68. The van der Waals surface area contributed by atoms with E-state index in [9.17, 15) is 18.0 Å². The maximum absolute atomic E-state index is 13.1. The quantitative estimate of drug-likeness (QED) is 0.869. The number of nitrogens with zero attached hydrogens (tertiary/aromatic N) is 2. The van der Waals surface area contributed by atoms with Crippen LogP contribution in [0.4, 0.5) is 18.9 Å². The largest absolute Gasteiger partial charge is 0.497 e. The molecular formula is C14H13BrF3N3O2. The maximum atomic E-state index is 13.1. The van der Waals surface area contributed by atoms with Gasteiger partial charge < -0.3 is 10.1 Å². The minimum Gasteiger partial charge on any atom is -0.497 e. The van der Waals surface area contributed by atoms with E-state index in [1.165, 1.54) is 32.5 Å². The smallest absolute Gasteiger partial charge is 0.416 e. The van der Waals surface area contributed by atoms with E-state index in [0.29, 0.717) is 5.69 Å². The normalized spacial score (nSPS) is 11.4. The molecule has 5 nitrogen and oxygen atoms in total. The molecule has 0 aliphatic carbocycles. The average molecular weight is 392 g/mol. The van der Waals surface area contributed by atoms with Crippen LogP contribution in [0, 0.1) is 0 Å². The summed E-state index contributed by atoms with van der Waals surface area (Å²) in [6.07, 6.45) is -3.14. The van der Waals surface area contributed by atoms with Crippen molar-refractivity contribution in [2.75, 3.05) is 12.4 Å². The lowest BCUT2D eigenvalue weighted by Gasteiger charge is -2.15. The molecule has 0 amide bonds. The topological polar surface area (TPSA) is 56.1 Å². The van der Waals surface area contributed by atoms with Gasteiger partial charge in [-0.1, -0.05) is 6.07 Å². The van der Waals surface area contributed by atoms with E-state index in [2.05, 4.69) is 26.3 Å². The van der Waals surface area contributed by atoms with Crippen molar-refractivity contribution >= 4 is 21.6 Å². The molecule has 1 aromatic carbocycles. The zero-order valence-corrected chi connectivity index (χ0v) is 13.8. The van der Waals surface area contributed by atoms with Gasteiger partial charge in [-0.15, -0.1) is 0 Å². The van der Waals surface area contributed by atoms with E-state index in [1.54, 1.807) is 0 Å². The molecule has 2 rings (SSSR count). The van der Waals surface area contributed by atoms with Crippen molar-refractivity contribution in [2.24, 2.45) is 7.05 Å². The second-order valence-corrected chi connectivity index (χ2v) is 5.47. The van der Waals surface area contributed by atoms with Gasteiger partial charge in [0.2, 0.25) is 0 Å². The molecule has 0 unspecified atom stereocenters. The highest BCUT2D eigenvalue weighted by Crippen LogP contribution is 2.34. The van der Waals surface area contributed by atoms with Crippen molar-refractivity contribution in [3.63, 3.8) is 0 Å². The molecule has 0 fully saturated rings. The Labute approximate surface area is 138 Å². The van der Waals surface area contributed by atoms with Crippen LogP contribution in [-0.2, 0) is 19.8 Å². The Morgan fingerprint density at radius 2 is 2.09 bits per heavy atom. The first kappa shape index (κ1) is 17.3. The number of methoxy groups -OCH3 is 1. The number of nitrogens with one attached hydrogen (secondary N) is 1. The third kappa shape index (κ3) is 3.84. The van der Waals surface area contributed by atoms with Crippen molar-refractivity contribution in [1.29, 1.82) is 0 Å². The van der Waals surface area contributed by atoms with E-state index in [4.69, 9.17) is 4.74 Å². The summed E-state index contributed by atoms with van der Waals surface area (Å²) in [6, 6.07) is 3.72. The maximum Gasteiger partial charge on any atom is 0.416 e. The summed E-state index contributed by atoms with van der Waals surface area (Å²) in [6.45, 7) is -0.119. The Kier molecular flexibility index (Phi) is 4.98. The number of rotatable bonds is 4. The summed E-state index contributed by atoms with van der Waals surface area (Å²) in [5.41, 5.74) is -0.832. The number of halogens is 4. The molecule has 124 valence electrons. The fraction of sp³-hybridized carbons (Fsp3) is 0.286. The lowest BCUT2D eigenvalue weighted by atomic mass is 10.1. The lowest BCUT2D eigenvalue weighted by Crippen LogP contribution is -2.21. The van der Waals surface area contributed by atoms with Gasteiger partial charge in [0.1, 0.15) is 10.2 Å². The van der Waals surface area contributed by atoms with Crippen molar-refractivity contribution in [2.45, 2.75) is 12.7 Å². The van der Waals surface area contributed by atoms with Crippen LogP contribution in [-0.4, -0.2) is 16.9 Å². The van der Waals surface area contributed by atoms with Crippen LogP contribution < -0.4 is 15.6 Å². The first-order valence-electron chi connectivity index (χ1n) is 6.44. The number of hydrogen-bond acceptors (Lipinski definition) is 4. The molecule has 0 aliphatic heterocycles. The Hall–Kier alpha value is -2.03. The van der Waals surface area contributed by atoms with Crippen LogP contribution in [0.5, 0.6) is 5.75 Å². The zero-order valence-electron chi connectivity index (χ0n) is 12.2. The fourth-order valence-corrected chi connectivity index (χ4v) is 2.42. The van der Waals surface area contributed by atoms with Gasteiger partial charge in [0.15, 0.2) is 0 Å². The third-order valence-electron chi connectivity index (χ3n) is 3.17. The van der Waals surface area contributed by atoms with Gasteiger partial charge in [0.25, 0.3) is 5.56 Å². The molecule has 1 N–H and O–H groups in total. The highest BCUT2D eigenvalue weighted by atomic mass is 79.9. The number of anilines is 1. The molecule has 23 heavy (non-hydrogen) atoms. The summed E-state index contributed by atoms with van der Waals surface area (Å²) in [5, 5.41) is 6.60. The Morgan fingerprint density at radius 3 is 2.70 bits per heavy atom. The number of ether oxygens (including phenoxy) is 1. The highest BCUT2D eigenvalue weighted by molar-refractivity contribution is 9.10. The van der Waals surface area contributed by atoms with Crippen LogP contribution in [0.25, 0.3) is 0 Å². The Morgan fingerprint density at radius 1 is 1.39 bits per heavy atom. The summed E-state index contributed by atoms with van der Waals surface area (Å²) < 4.78 is 45.5. The predicted molar refractivity (Wildman–Crippen MR) is 82.5 cm³/mol. The molecule has 0 spiro atoms. The monoisotopic (exact) mass is 391 g/mol. The minimum absolute atomic E-state index is 0.0332. The second kappa shape index (κ2) is 6.61. The summed E-state index contributed by atoms with van der Waals surface area (Å²) in [4.78, 5) is 11.7. The van der Waals surface area contributed by atoms with E-state index in [-0.39, 0.29) is 27.9 Å². The predicted octanol–water partition coefficient (Wildman–Crippen LogP) is 3.18. The minimum atomic E-state index is -4.51. The van der Waals surface area contributed by atoms with Gasteiger partial charge in [-0.3, -0.25) is 4.79 Å². The van der Waals surface area contributed by atoms with Crippen LogP contribution in [0.1, 0.15) is 11.1 Å². The van der Waals surface area contributed by atoms with Crippen LogP contribution in [0.3, 0.4) is 0 Å². The molecule has 0 saturated carbocycles. The van der Waals surface area contributed by atoms with Gasteiger partial charge >= 0.3 is 6.18 Å². The van der Waals surface area contributed by atoms with E-state index >= 15 is 0 Å². The molecule has 0 bridgehead atoms. The van der Waals surface area contributed by atoms with Crippen molar-refractivity contribution < 1.29 is 17.9 Å². The van der Waals surface area contributed by atoms with Crippen LogP contribution >= 0.6 is 15.9 Å². The SMILES string of the molecule is COc1ccc(CNc2cnn(C)c(=O)c2Br)c(C(F)(F)F)c1. The number of alkyl halides is 3. The van der Waals surface area contributed by atoms with Crippen molar-refractivity contribution in [3.05, 3.63) is 50.3 Å². The molecule has 2 aromatic rings. The van der Waals surface area contributed by atoms with Crippen molar-refractivity contribution in [1.82, 2.24) is 9.78 Å². The van der Waals surface area contributed by atoms with Gasteiger partial charge in [0, 0.05) is 13.6 Å². The summed E-state index contributed by atoms with van der Waals surface area (Å²) in [5.74, 6) is 0.123. The van der Waals surface area contributed by atoms with Gasteiger partial charge in [-0.25, -0.2) is 4.68 Å². The number of aromatic nitrogens is 2. The van der Waals surface area contributed by atoms with Gasteiger partial charge in [0.05, 0.1) is 24.6 Å². The standard InChI is InChI=1S/C14H13BrF3N3O2/c1-21-13(22)12(15)11(7-20-21)19-6-8-3-4-9(23-2)5-10(8)14(16,17)18/h3-5,7,19H,6H2,1-2H3. The van der Waals surface area contributed by atoms with Crippen molar-refractivity contribution in [3.8, 4) is 5.75 Å². The van der Waals surface area contributed by atoms with E-state index < -0.39 is 11.7 Å². The average Bonchev–Trinajstić information content (AvgIpc) is 2.51. The number of aryl methyl sites for hydroxylation is 1. The van der Waals surface area contributed by atoms with Gasteiger partial charge in [-0.2, -0.15) is 18.3 Å². The van der Waals surface area contributed by atoms with Crippen LogP contribution in [0.2, 0.25) is 0 Å². The summed E-state index contributed by atoms with van der Waals surface area (Å²) >= 11 is 3.11. The van der Waals surface area contributed by atoms with Crippen LogP contribution in [0.15, 0.2) is 33.7 Å². The van der Waals surface area contributed by atoms with E-state index in [0.717, 1.165) is 10.7 Å². The molecule has 0 aliphatic rings. The first-order chi connectivity index (χ1) is 10.7. The lowest BCUT2D eigenvalue weighted by molar-refractivity contribution is -0.138. The third-order valence-corrected chi connectivity index (χ3v) is 3.94. The molecule has 1 aromatic heterocycles. The Bertz CT molecular complexity index is 775. The van der Waals surface area contributed by atoms with Gasteiger partial charge in [-0.05, 0) is 33.6 Å². The fourth-order valence-electron chi connectivity index (χ4n) is 1.92. The molecule has 0 saturated heterocycles. The molecular weight excluding hydrogens is 379 g/mol.